The standard InChI is InChI=1S/C26H30FN7O2S/c1-15(2)18-6-7-21(34-12-17(13-34)14-37(5,35)36)20-11-29-23(10-19(18)20)30-22-8-9-28-26(31-22)24-16(3)32-33(4)25(24)27/h6-11,15,17H,12-14H2,1-5H3,(H,28,29,30,31). The molecule has 0 amide bonds. The summed E-state index contributed by atoms with van der Waals surface area (Å²) in [6, 6.07) is 7.94. The van der Waals surface area contributed by atoms with E-state index in [-0.39, 0.29) is 23.1 Å². The molecule has 0 atom stereocenters. The van der Waals surface area contributed by atoms with Gasteiger partial charge in [0.1, 0.15) is 21.5 Å². The van der Waals surface area contributed by atoms with Gasteiger partial charge in [-0.25, -0.2) is 28.1 Å². The van der Waals surface area contributed by atoms with Crippen LogP contribution in [0.4, 0.5) is 21.7 Å². The fourth-order valence-electron chi connectivity index (χ4n) is 4.96. The van der Waals surface area contributed by atoms with Crippen molar-refractivity contribution in [3.8, 4) is 11.4 Å². The number of aryl methyl sites for hydroxylation is 2. The molecule has 4 aromatic rings. The van der Waals surface area contributed by atoms with Gasteiger partial charge >= 0.3 is 0 Å². The SMILES string of the molecule is Cc1nn(C)c(F)c1-c1nccc(Nc2cc3c(C(C)C)ccc(N4CC(CS(C)(=O)=O)C4)c3cn2)n1. The Labute approximate surface area is 215 Å². The molecule has 0 unspecified atom stereocenters. The van der Waals surface area contributed by atoms with Gasteiger partial charge in [-0.05, 0) is 42.0 Å². The number of anilines is 3. The minimum absolute atomic E-state index is 0.143. The average Bonchev–Trinajstić information content (AvgIpc) is 3.05. The van der Waals surface area contributed by atoms with Gasteiger partial charge in [0.2, 0.25) is 5.95 Å². The zero-order valence-electron chi connectivity index (χ0n) is 21.5. The van der Waals surface area contributed by atoms with Crippen LogP contribution in [0.25, 0.3) is 22.2 Å². The molecule has 1 N–H and O–H groups in total. The molecule has 0 saturated carbocycles. The number of pyridine rings is 1. The number of rotatable bonds is 7. The molecule has 9 nitrogen and oxygen atoms in total. The van der Waals surface area contributed by atoms with E-state index in [1.165, 1.54) is 16.5 Å². The number of nitrogens with zero attached hydrogens (tertiary/aromatic N) is 6. The van der Waals surface area contributed by atoms with E-state index in [1.54, 1.807) is 26.2 Å². The van der Waals surface area contributed by atoms with Crippen molar-refractivity contribution in [3.63, 3.8) is 0 Å². The normalized spacial score (nSPS) is 14.4. The molecule has 0 bridgehead atoms. The number of halogens is 1. The van der Waals surface area contributed by atoms with E-state index in [4.69, 9.17) is 0 Å². The Balaban J connectivity index is 1.45. The molecule has 1 aliphatic heterocycles. The zero-order chi connectivity index (χ0) is 26.5. The first-order valence-electron chi connectivity index (χ1n) is 12.1. The summed E-state index contributed by atoms with van der Waals surface area (Å²) in [7, 11) is -1.45. The summed E-state index contributed by atoms with van der Waals surface area (Å²) in [5, 5.41) is 9.44. The Morgan fingerprint density at radius 1 is 1.14 bits per heavy atom. The third-order valence-electron chi connectivity index (χ3n) is 6.66. The van der Waals surface area contributed by atoms with Crippen molar-refractivity contribution >= 4 is 37.9 Å². The minimum atomic E-state index is -2.99. The lowest BCUT2D eigenvalue weighted by Gasteiger charge is -2.41. The molecule has 1 aliphatic rings. The quantitative estimate of drug-likeness (QED) is 0.384. The van der Waals surface area contributed by atoms with Gasteiger partial charge in [-0.3, -0.25) is 0 Å². The first-order valence-corrected chi connectivity index (χ1v) is 14.2. The van der Waals surface area contributed by atoms with Crippen molar-refractivity contribution in [3.05, 3.63) is 53.9 Å². The molecule has 1 saturated heterocycles. The summed E-state index contributed by atoms with van der Waals surface area (Å²) in [5.41, 5.74) is 3.02. The summed E-state index contributed by atoms with van der Waals surface area (Å²) in [5.74, 6) is 1.51. The molecule has 4 heterocycles. The van der Waals surface area contributed by atoms with E-state index in [2.05, 4.69) is 56.2 Å². The molecule has 0 aliphatic carbocycles. The van der Waals surface area contributed by atoms with Gasteiger partial charge in [0.15, 0.2) is 5.82 Å². The Hall–Kier alpha value is -3.60. The number of aromatic nitrogens is 5. The number of hydrogen-bond donors (Lipinski definition) is 1. The Morgan fingerprint density at radius 2 is 1.89 bits per heavy atom. The van der Waals surface area contributed by atoms with Crippen molar-refractivity contribution in [2.24, 2.45) is 13.0 Å². The number of hydrogen-bond acceptors (Lipinski definition) is 8. The first kappa shape index (κ1) is 25.1. The number of nitrogens with one attached hydrogen (secondary N) is 1. The van der Waals surface area contributed by atoms with Gasteiger partial charge in [-0.15, -0.1) is 0 Å². The van der Waals surface area contributed by atoms with Crippen LogP contribution < -0.4 is 10.2 Å². The fourth-order valence-corrected chi connectivity index (χ4v) is 6.03. The molecule has 1 fully saturated rings. The van der Waals surface area contributed by atoms with Gasteiger partial charge in [-0.2, -0.15) is 9.49 Å². The molecule has 5 rings (SSSR count). The van der Waals surface area contributed by atoms with Crippen LogP contribution >= 0.6 is 0 Å². The largest absolute Gasteiger partial charge is 0.370 e. The summed E-state index contributed by atoms with van der Waals surface area (Å²) in [4.78, 5) is 15.6. The first-order chi connectivity index (χ1) is 17.5. The smallest absolute Gasteiger partial charge is 0.222 e. The van der Waals surface area contributed by atoms with Crippen LogP contribution in [0.3, 0.4) is 0 Å². The highest BCUT2D eigenvalue weighted by Gasteiger charge is 2.31. The third-order valence-corrected chi connectivity index (χ3v) is 7.73. The molecule has 37 heavy (non-hydrogen) atoms. The summed E-state index contributed by atoms with van der Waals surface area (Å²) in [6.45, 7) is 7.43. The van der Waals surface area contributed by atoms with Gasteiger partial charge < -0.3 is 10.2 Å². The molecule has 0 spiro atoms. The number of sulfone groups is 1. The zero-order valence-corrected chi connectivity index (χ0v) is 22.3. The number of fused-ring (bicyclic) bond motifs is 1. The molecule has 11 heteroatoms. The van der Waals surface area contributed by atoms with Crippen molar-refractivity contribution in [1.82, 2.24) is 24.7 Å². The van der Waals surface area contributed by atoms with Crippen LogP contribution in [-0.2, 0) is 16.9 Å². The van der Waals surface area contributed by atoms with E-state index in [0.29, 0.717) is 36.3 Å². The number of benzene rings is 1. The van der Waals surface area contributed by atoms with Crippen LogP contribution in [0, 0.1) is 18.8 Å². The van der Waals surface area contributed by atoms with Gasteiger partial charge in [0.25, 0.3) is 0 Å². The van der Waals surface area contributed by atoms with E-state index in [9.17, 15) is 12.8 Å². The molecular formula is C26H30FN7O2S. The van der Waals surface area contributed by atoms with E-state index >= 15 is 0 Å². The maximum atomic E-state index is 14.6. The average molecular weight is 524 g/mol. The predicted octanol–water partition coefficient (Wildman–Crippen LogP) is 4.22. The second-order valence-electron chi connectivity index (χ2n) is 10.1. The highest BCUT2D eigenvalue weighted by atomic mass is 32.2. The van der Waals surface area contributed by atoms with Crippen molar-refractivity contribution < 1.29 is 12.8 Å². The van der Waals surface area contributed by atoms with Crippen molar-refractivity contribution in [1.29, 1.82) is 0 Å². The summed E-state index contributed by atoms with van der Waals surface area (Å²) < 4.78 is 39.1. The Morgan fingerprint density at radius 3 is 2.54 bits per heavy atom. The highest BCUT2D eigenvalue weighted by Crippen LogP contribution is 2.37. The van der Waals surface area contributed by atoms with Gasteiger partial charge in [0, 0.05) is 55.8 Å². The molecular weight excluding hydrogens is 493 g/mol. The molecule has 0 radical (unpaired) electrons. The minimum Gasteiger partial charge on any atom is -0.370 e. The van der Waals surface area contributed by atoms with Crippen LogP contribution in [0.1, 0.15) is 31.0 Å². The van der Waals surface area contributed by atoms with Crippen LogP contribution in [-0.4, -0.2) is 58.2 Å². The van der Waals surface area contributed by atoms with E-state index in [0.717, 1.165) is 16.5 Å². The van der Waals surface area contributed by atoms with Crippen LogP contribution in [0.15, 0.2) is 36.7 Å². The summed E-state index contributed by atoms with van der Waals surface area (Å²) in [6.07, 6.45) is 4.71. The topological polar surface area (TPSA) is 106 Å². The van der Waals surface area contributed by atoms with Gasteiger partial charge in [-0.1, -0.05) is 19.9 Å². The maximum absolute atomic E-state index is 14.6. The summed E-state index contributed by atoms with van der Waals surface area (Å²) >= 11 is 0. The van der Waals surface area contributed by atoms with Crippen molar-refractivity contribution in [2.75, 3.05) is 35.3 Å². The monoisotopic (exact) mass is 523 g/mol. The van der Waals surface area contributed by atoms with Crippen LogP contribution in [0.5, 0.6) is 0 Å². The van der Waals surface area contributed by atoms with Gasteiger partial charge in [0.05, 0.1) is 17.0 Å². The lowest BCUT2D eigenvalue weighted by molar-refractivity contribution is 0.445. The second kappa shape index (κ2) is 9.37. The Bertz CT molecular complexity index is 1590. The second-order valence-corrected chi connectivity index (χ2v) is 12.3. The maximum Gasteiger partial charge on any atom is 0.222 e. The molecule has 194 valence electrons. The highest BCUT2D eigenvalue weighted by molar-refractivity contribution is 7.90. The lowest BCUT2D eigenvalue weighted by Crippen LogP contribution is -2.49. The molecule has 1 aromatic carbocycles. The van der Waals surface area contributed by atoms with Crippen molar-refractivity contribution in [2.45, 2.75) is 26.7 Å². The predicted molar refractivity (Wildman–Crippen MR) is 143 cm³/mol. The fraction of sp³-hybridized carbons (Fsp3) is 0.385. The van der Waals surface area contributed by atoms with E-state index < -0.39 is 15.8 Å². The molecule has 3 aromatic heterocycles. The van der Waals surface area contributed by atoms with Crippen LogP contribution in [0.2, 0.25) is 0 Å². The van der Waals surface area contributed by atoms with E-state index in [1.807, 2.05) is 12.3 Å². The lowest BCUT2D eigenvalue weighted by atomic mass is 9.93. The third kappa shape index (κ3) is 5.00. The Kier molecular flexibility index (Phi) is 6.35.